The number of ether oxygens (including phenoxy) is 1. The van der Waals surface area contributed by atoms with Crippen LogP contribution in [-0.4, -0.2) is 67.3 Å². The number of hydrogen-bond donors (Lipinski definition) is 1. The first-order valence-corrected chi connectivity index (χ1v) is 10.3. The average molecular weight is 427 g/mol. The van der Waals surface area contributed by atoms with Gasteiger partial charge in [-0.2, -0.15) is 13.2 Å². The van der Waals surface area contributed by atoms with Gasteiger partial charge in [0.2, 0.25) is 5.91 Å². The Morgan fingerprint density at radius 1 is 1.03 bits per heavy atom. The highest BCUT2D eigenvalue weighted by Crippen LogP contribution is 2.34. The number of rotatable bonds is 3. The lowest BCUT2D eigenvalue weighted by Gasteiger charge is -2.28. The molecule has 1 N–H and O–H groups in total. The van der Waals surface area contributed by atoms with E-state index in [9.17, 15) is 22.8 Å². The Hall–Kier alpha value is -2.29. The van der Waals surface area contributed by atoms with Crippen molar-refractivity contribution in [2.75, 3.05) is 44.7 Å². The van der Waals surface area contributed by atoms with Crippen molar-refractivity contribution < 1.29 is 27.5 Å². The molecule has 0 saturated carbocycles. The van der Waals surface area contributed by atoms with Gasteiger partial charge in [-0.15, -0.1) is 0 Å². The lowest BCUT2D eigenvalue weighted by Crippen LogP contribution is -2.42. The van der Waals surface area contributed by atoms with Gasteiger partial charge in [-0.05, 0) is 43.9 Å². The molecule has 0 spiro atoms. The summed E-state index contributed by atoms with van der Waals surface area (Å²) in [6.07, 6.45) is -2.14. The third-order valence-electron chi connectivity index (χ3n) is 5.82. The Balaban J connectivity index is 1.53. The average Bonchev–Trinajstić information content (AvgIpc) is 2.99. The van der Waals surface area contributed by atoms with Crippen molar-refractivity contribution in [1.29, 1.82) is 0 Å². The van der Waals surface area contributed by atoms with Gasteiger partial charge in [-0.3, -0.25) is 4.79 Å². The van der Waals surface area contributed by atoms with Gasteiger partial charge in [0.1, 0.15) is 0 Å². The van der Waals surface area contributed by atoms with Crippen LogP contribution in [0.25, 0.3) is 0 Å². The van der Waals surface area contributed by atoms with Crippen LogP contribution in [0.4, 0.5) is 23.7 Å². The van der Waals surface area contributed by atoms with Gasteiger partial charge >= 0.3 is 12.2 Å². The smallest absolute Gasteiger partial charge is 0.381 e. The van der Waals surface area contributed by atoms with E-state index in [2.05, 4.69) is 5.32 Å². The van der Waals surface area contributed by atoms with E-state index in [-0.39, 0.29) is 23.4 Å². The SMILES string of the molecule is CC(c1ccc(NC(=O)N2CCCN(C(=O)C3CCOCC3)CC2)cc1)C(F)(F)F. The van der Waals surface area contributed by atoms with Crippen LogP contribution in [-0.2, 0) is 9.53 Å². The van der Waals surface area contributed by atoms with Crippen LogP contribution in [0.3, 0.4) is 0 Å². The summed E-state index contributed by atoms with van der Waals surface area (Å²) in [6.45, 7) is 4.36. The molecule has 2 aliphatic rings. The minimum absolute atomic E-state index is 0.00303. The van der Waals surface area contributed by atoms with E-state index in [4.69, 9.17) is 4.74 Å². The molecule has 0 bridgehead atoms. The van der Waals surface area contributed by atoms with Gasteiger partial charge in [-0.25, -0.2) is 4.79 Å². The van der Waals surface area contributed by atoms with Crippen molar-refractivity contribution in [3.8, 4) is 0 Å². The number of alkyl halides is 3. The predicted molar refractivity (Wildman–Crippen MR) is 106 cm³/mol. The lowest BCUT2D eigenvalue weighted by molar-refractivity contribution is -0.146. The Bertz CT molecular complexity index is 733. The first-order valence-electron chi connectivity index (χ1n) is 10.3. The summed E-state index contributed by atoms with van der Waals surface area (Å²) in [4.78, 5) is 28.8. The maximum atomic E-state index is 12.8. The fraction of sp³-hybridized carbons (Fsp3) is 0.619. The molecule has 0 aliphatic carbocycles. The van der Waals surface area contributed by atoms with Gasteiger partial charge in [0.15, 0.2) is 0 Å². The fourth-order valence-electron chi connectivity index (χ4n) is 3.79. The third kappa shape index (κ3) is 5.65. The van der Waals surface area contributed by atoms with Crippen molar-refractivity contribution in [1.82, 2.24) is 9.80 Å². The number of nitrogens with one attached hydrogen (secondary N) is 1. The number of halogens is 3. The van der Waals surface area contributed by atoms with Crippen molar-refractivity contribution in [3.63, 3.8) is 0 Å². The van der Waals surface area contributed by atoms with Crippen molar-refractivity contribution in [2.45, 2.75) is 38.3 Å². The van der Waals surface area contributed by atoms with Gasteiger partial charge in [0.25, 0.3) is 0 Å². The summed E-state index contributed by atoms with van der Waals surface area (Å²) in [6, 6.07) is 5.41. The zero-order valence-corrected chi connectivity index (χ0v) is 17.1. The number of amides is 3. The first kappa shape index (κ1) is 22.4. The highest BCUT2D eigenvalue weighted by Gasteiger charge is 2.37. The molecular weight excluding hydrogens is 399 g/mol. The largest absolute Gasteiger partial charge is 0.395 e. The topological polar surface area (TPSA) is 61.9 Å². The van der Waals surface area contributed by atoms with Crippen LogP contribution in [0.5, 0.6) is 0 Å². The van der Waals surface area contributed by atoms with Crippen molar-refractivity contribution in [3.05, 3.63) is 29.8 Å². The molecule has 6 nitrogen and oxygen atoms in total. The number of benzene rings is 1. The van der Waals surface area contributed by atoms with Gasteiger partial charge in [0.05, 0.1) is 5.92 Å². The second kappa shape index (κ2) is 9.68. The predicted octanol–water partition coefficient (Wildman–Crippen LogP) is 3.85. The Morgan fingerprint density at radius 2 is 1.63 bits per heavy atom. The van der Waals surface area contributed by atoms with Crippen LogP contribution in [0.1, 0.15) is 37.7 Å². The molecule has 1 aromatic carbocycles. The number of hydrogen-bond acceptors (Lipinski definition) is 3. The minimum Gasteiger partial charge on any atom is -0.381 e. The molecule has 1 aromatic rings. The number of carbonyl (C=O) groups is 2. The minimum atomic E-state index is -4.30. The second-order valence-electron chi connectivity index (χ2n) is 7.87. The Kier molecular flexibility index (Phi) is 7.23. The normalized spacial score (nSPS) is 19.9. The highest BCUT2D eigenvalue weighted by atomic mass is 19.4. The molecule has 1 atom stereocenters. The molecule has 30 heavy (non-hydrogen) atoms. The van der Waals surface area contributed by atoms with E-state index in [0.717, 1.165) is 19.8 Å². The third-order valence-corrected chi connectivity index (χ3v) is 5.82. The summed E-state index contributed by atoms with van der Waals surface area (Å²) in [7, 11) is 0. The zero-order chi connectivity index (χ0) is 21.7. The lowest BCUT2D eigenvalue weighted by atomic mass is 9.98. The molecule has 3 amide bonds. The molecule has 2 fully saturated rings. The van der Waals surface area contributed by atoms with Gasteiger partial charge in [-0.1, -0.05) is 12.1 Å². The van der Waals surface area contributed by atoms with Crippen LogP contribution in [0, 0.1) is 5.92 Å². The molecule has 2 heterocycles. The van der Waals surface area contributed by atoms with Crippen LogP contribution in [0.2, 0.25) is 0 Å². The second-order valence-corrected chi connectivity index (χ2v) is 7.87. The first-order chi connectivity index (χ1) is 14.3. The highest BCUT2D eigenvalue weighted by molar-refractivity contribution is 5.89. The number of urea groups is 1. The monoisotopic (exact) mass is 427 g/mol. The summed E-state index contributed by atoms with van der Waals surface area (Å²) in [5, 5.41) is 2.74. The summed E-state index contributed by atoms with van der Waals surface area (Å²) >= 11 is 0. The Morgan fingerprint density at radius 3 is 2.27 bits per heavy atom. The quantitative estimate of drug-likeness (QED) is 0.797. The summed E-state index contributed by atoms with van der Waals surface area (Å²) in [5.41, 5.74) is 0.593. The van der Waals surface area contributed by atoms with E-state index < -0.39 is 12.1 Å². The number of carbonyl (C=O) groups excluding carboxylic acids is 2. The molecule has 0 radical (unpaired) electrons. The van der Waals surface area contributed by atoms with Crippen LogP contribution in [0.15, 0.2) is 24.3 Å². The van der Waals surface area contributed by atoms with Crippen molar-refractivity contribution in [2.24, 2.45) is 5.92 Å². The molecular formula is C21H28F3N3O3. The van der Waals surface area contributed by atoms with E-state index >= 15 is 0 Å². The van der Waals surface area contributed by atoms with E-state index in [1.807, 2.05) is 4.90 Å². The van der Waals surface area contributed by atoms with Gasteiger partial charge in [0, 0.05) is 51.0 Å². The Labute approximate surface area is 174 Å². The number of nitrogens with zero attached hydrogens (tertiary/aromatic N) is 2. The summed E-state index contributed by atoms with van der Waals surface area (Å²) < 4.78 is 43.8. The van der Waals surface area contributed by atoms with Gasteiger partial charge < -0.3 is 19.9 Å². The molecule has 0 aromatic heterocycles. The van der Waals surface area contributed by atoms with Crippen molar-refractivity contribution >= 4 is 17.6 Å². The molecule has 1 unspecified atom stereocenters. The molecule has 3 rings (SSSR count). The maximum absolute atomic E-state index is 12.8. The molecule has 9 heteroatoms. The number of anilines is 1. The molecule has 2 saturated heterocycles. The molecule has 2 aliphatic heterocycles. The van der Waals surface area contributed by atoms with Crippen LogP contribution < -0.4 is 5.32 Å². The maximum Gasteiger partial charge on any atom is 0.395 e. The van der Waals surface area contributed by atoms with E-state index in [1.54, 1.807) is 4.90 Å². The molecule has 166 valence electrons. The summed E-state index contributed by atoms with van der Waals surface area (Å²) in [5.74, 6) is -1.43. The standard InChI is InChI=1S/C21H28F3N3O3/c1-15(21(22,23)24)16-3-5-18(6-4-16)25-20(29)27-10-2-9-26(11-12-27)19(28)17-7-13-30-14-8-17/h3-6,15,17H,2,7-14H2,1H3,(H,25,29). The fourth-order valence-corrected chi connectivity index (χ4v) is 3.79. The van der Waals surface area contributed by atoms with E-state index in [0.29, 0.717) is 51.5 Å². The van der Waals surface area contributed by atoms with E-state index in [1.165, 1.54) is 24.3 Å². The zero-order valence-electron chi connectivity index (χ0n) is 17.1. The van der Waals surface area contributed by atoms with Crippen LogP contribution >= 0.6 is 0 Å².